The molecule has 31 heavy (non-hydrogen) atoms. The van der Waals surface area contributed by atoms with Crippen LogP contribution >= 0.6 is 23.5 Å². The van der Waals surface area contributed by atoms with Gasteiger partial charge in [-0.05, 0) is 20.8 Å². The second kappa shape index (κ2) is 7.45. The number of aliphatic hydroxyl groups is 1. The minimum Gasteiger partial charge on any atom is -0.507 e. The van der Waals surface area contributed by atoms with Gasteiger partial charge in [0.15, 0.2) is 17.3 Å². The highest BCUT2D eigenvalue weighted by atomic mass is 32.2. The number of phenolic OH excluding ortho intramolecular Hbond substituents is 2. The lowest BCUT2D eigenvalue weighted by atomic mass is 9.71. The Labute approximate surface area is 186 Å². The Kier molecular flexibility index (Phi) is 5.17. The van der Waals surface area contributed by atoms with Gasteiger partial charge in [-0.1, -0.05) is 23.5 Å². The highest BCUT2D eigenvalue weighted by molar-refractivity contribution is 8.39. The summed E-state index contributed by atoms with van der Waals surface area (Å²) >= 11 is 2.78. The molecule has 0 fully saturated rings. The first-order chi connectivity index (χ1) is 14.6. The number of phenols is 2. The van der Waals surface area contributed by atoms with Crippen molar-refractivity contribution in [2.24, 2.45) is 4.99 Å². The lowest BCUT2D eigenvalue weighted by Gasteiger charge is -2.28. The van der Waals surface area contributed by atoms with E-state index < -0.39 is 45.6 Å². The van der Waals surface area contributed by atoms with Gasteiger partial charge in [-0.15, -0.1) is 0 Å². The number of allylic oxidation sites excluding steroid dienone is 3. The fraction of sp³-hybridized carbons (Fsp3) is 0.333. The average molecular weight is 462 g/mol. The van der Waals surface area contributed by atoms with E-state index in [4.69, 9.17) is 4.74 Å². The van der Waals surface area contributed by atoms with E-state index in [9.17, 15) is 29.7 Å². The van der Waals surface area contributed by atoms with Gasteiger partial charge in [0.1, 0.15) is 49.7 Å². The Morgan fingerprint density at radius 1 is 1.29 bits per heavy atom. The maximum Gasteiger partial charge on any atom is 0.188 e. The normalized spacial score (nSPS) is 22.0. The Morgan fingerprint density at radius 2 is 2.00 bits per heavy atom. The van der Waals surface area contributed by atoms with Crippen LogP contribution in [0.15, 0.2) is 28.2 Å². The third kappa shape index (κ3) is 3.08. The molecule has 0 saturated heterocycles. The van der Waals surface area contributed by atoms with Crippen LogP contribution in [0.1, 0.15) is 35.3 Å². The van der Waals surface area contributed by atoms with Crippen molar-refractivity contribution in [3.63, 3.8) is 0 Å². The standard InChI is InChI=1S/C21H19NO7S2/c1-8-16(26)14(11(25)7-31-20-22-4-5-30-20)18-15(17(8)27)21(3)12(29-18)6-10(24)13(9(2)23)19(21)28/h6,24,26-27H,4-5,7H2,1-3H3/t21-/m0/s1. The molecule has 1 aromatic carbocycles. The molecule has 10 heteroatoms. The molecule has 3 N–H and O–H groups in total. The van der Waals surface area contributed by atoms with Crippen molar-refractivity contribution in [2.75, 3.05) is 18.1 Å². The number of aliphatic imine (C=N–C) groups is 1. The van der Waals surface area contributed by atoms with Gasteiger partial charge in [-0.25, -0.2) is 0 Å². The van der Waals surface area contributed by atoms with Crippen molar-refractivity contribution >= 4 is 45.2 Å². The third-order valence-electron chi connectivity index (χ3n) is 5.56. The molecule has 4 rings (SSSR count). The molecule has 0 bridgehead atoms. The van der Waals surface area contributed by atoms with Gasteiger partial charge in [-0.3, -0.25) is 19.4 Å². The van der Waals surface area contributed by atoms with E-state index >= 15 is 0 Å². The van der Waals surface area contributed by atoms with Crippen molar-refractivity contribution in [1.82, 2.24) is 0 Å². The number of nitrogens with zero attached hydrogens (tertiary/aromatic N) is 1. The molecule has 1 aliphatic carbocycles. The van der Waals surface area contributed by atoms with E-state index in [1.807, 2.05) is 0 Å². The van der Waals surface area contributed by atoms with Crippen LogP contribution in [-0.4, -0.2) is 55.1 Å². The first-order valence-electron chi connectivity index (χ1n) is 9.40. The number of hydrogen-bond donors (Lipinski definition) is 3. The van der Waals surface area contributed by atoms with Gasteiger partial charge in [0.25, 0.3) is 0 Å². The second-order valence-electron chi connectivity index (χ2n) is 7.49. The summed E-state index contributed by atoms with van der Waals surface area (Å²) in [5.74, 6) is -2.59. The fourth-order valence-corrected chi connectivity index (χ4v) is 5.77. The van der Waals surface area contributed by atoms with Crippen LogP contribution in [0.5, 0.6) is 17.2 Å². The number of aromatic hydroxyl groups is 2. The average Bonchev–Trinajstić information content (AvgIpc) is 3.31. The van der Waals surface area contributed by atoms with Gasteiger partial charge < -0.3 is 20.1 Å². The van der Waals surface area contributed by atoms with E-state index in [2.05, 4.69) is 4.99 Å². The zero-order valence-electron chi connectivity index (χ0n) is 16.9. The number of fused-ring (bicyclic) bond motifs is 3. The number of ketones is 3. The van der Waals surface area contributed by atoms with Gasteiger partial charge >= 0.3 is 0 Å². The molecular weight excluding hydrogens is 442 g/mol. The molecule has 1 atom stereocenters. The van der Waals surface area contributed by atoms with Crippen molar-refractivity contribution < 1.29 is 34.4 Å². The number of thioether (sulfide) groups is 2. The maximum atomic E-state index is 13.2. The molecule has 8 nitrogen and oxygen atoms in total. The Balaban J connectivity index is 1.85. The summed E-state index contributed by atoms with van der Waals surface area (Å²) < 4.78 is 6.55. The number of carbonyl (C=O) groups excluding carboxylic acids is 3. The molecule has 0 radical (unpaired) electrons. The monoisotopic (exact) mass is 461 g/mol. The molecule has 0 aromatic heterocycles. The van der Waals surface area contributed by atoms with Gasteiger partial charge in [0.2, 0.25) is 0 Å². The van der Waals surface area contributed by atoms with E-state index in [1.54, 1.807) is 11.8 Å². The SMILES string of the molecule is CC(=O)C1=C(O)C=C2Oc3c(C(=O)CSC4=NCCS4)c(O)c(C)c(O)c3[C@@]2(C)C1=O. The molecule has 162 valence electrons. The number of aliphatic hydroxyl groups excluding tert-OH is 1. The van der Waals surface area contributed by atoms with Crippen molar-refractivity contribution in [2.45, 2.75) is 26.2 Å². The van der Waals surface area contributed by atoms with Crippen LogP contribution in [0.3, 0.4) is 0 Å². The molecule has 2 aliphatic heterocycles. The summed E-state index contributed by atoms with van der Waals surface area (Å²) in [5, 5.41) is 31.7. The largest absolute Gasteiger partial charge is 0.507 e. The first-order valence-corrected chi connectivity index (χ1v) is 11.4. The van der Waals surface area contributed by atoms with E-state index in [-0.39, 0.29) is 34.0 Å². The Morgan fingerprint density at radius 3 is 2.61 bits per heavy atom. The predicted molar refractivity (Wildman–Crippen MR) is 117 cm³/mol. The zero-order valence-corrected chi connectivity index (χ0v) is 18.6. The summed E-state index contributed by atoms with van der Waals surface area (Å²) in [6.07, 6.45) is 1.14. The smallest absolute Gasteiger partial charge is 0.188 e. The topological polar surface area (TPSA) is 133 Å². The molecule has 0 unspecified atom stereocenters. The van der Waals surface area contributed by atoms with Gasteiger partial charge in [0, 0.05) is 17.4 Å². The lowest BCUT2D eigenvalue weighted by molar-refractivity contribution is -0.123. The summed E-state index contributed by atoms with van der Waals surface area (Å²) in [7, 11) is 0. The minimum absolute atomic E-state index is 0.00812. The van der Waals surface area contributed by atoms with Crippen LogP contribution in [-0.2, 0) is 15.0 Å². The molecular formula is C21H19NO7S2. The third-order valence-corrected chi connectivity index (χ3v) is 7.82. The zero-order chi connectivity index (χ0) is 22.7. The fourth-order valence-electron chi connectivity index (χ4n) is 3.89. The lowest BCUT2D eigenvalue weighted by Crippen LogP contribution is -2.38. The van der Waals surface area contributed by atoms with Crippen molar-refractivity contribution in [3.05, 3.63) is 39.9 Å². The van der Waals surface area contributed by atoms with E-state index in [0.717, 1.165) is 23.1 Å². The molecule has 0 saturated carbocycles. The quantitative estimate of drug-likeness (QED) is 0.457. The van der Waals surface area contributed by atoms with Crippen LogP contribution < -0.4 is 4.74 Å². The second-order valence-corrected chi connectivity index (χ2v) is 9.80. The summed E-state index contributed by atoms with van der Waals surface area (Å²) in [6, 6.07) is 0. The van der Waals surface area contributed by atoms with Gasteiger partial charge in [-0.2, -0.15) is 0 Å². The van der Waals surface area contributed by atoms with Gasteiger partial charge in [0.05, 0.1) is 17.9 Å². The van der Waals surface area contributed by atoms with E-state index in [0.29, 0.717) is 6.54 Å². The Hall–Kier alpha value is -2.72. The van der Waals surface area contributed by atoms with E-state index in [1.165, 1.54) is 25.6 Å². The van der Waals surface area contributed by atoms with Crippen molar-refractivity contribution in [3.8, 4) is 17.2 Å². The molecule has 0 spiro atoms. The molecule has 3 aliphatic rings. The van der Waals surface area contributed by atoms with Crippen LogP contribution in [0.25, 0.3) is 0 Å². The maximum absolute atomic E-state index is 13.2. The summed E-state index contributed by atoms with van der Waals surface area (Å²) in [5.41, 5.74) is -2.19. The summed E-state index contributed by atoms with van der Waals surface area (Å²) in [6.45, 7) is 4.71. The van der Waals surface area contributed by atoms with Crippen LogP contribution in [0.4, 0.5) is 0 Å². The van der Waals surface area contributed by atoms with Crippen LogP contribution in [0, 0.1) is 6.92 Å². The number of carbonyl (C=O) groups is 3. The summed E-state index contributed by atoms with van der Waals surface area (Å²) in [4.78, 5) is 42.5. The highest BCUT2D eigenvalue weighted by Gasteiger charge is 2.55. The number of benzene rings is 1. The molecule has 0 amide bonds. The molecule has 2 heterocycles. The highest BCUT2D eigenvalue weighted by Crippen LogP contribution is 2.57. The number of Topliss-reactive ketones (excluding diaryl/α,β-unsaturated/α-hetero) is 3. The molecule has 1 aromatic rings. The van der Waals surface area contributed by atoms with Crippen LogP contribution in [0.2, 0.25) is 0 Å². The Bertz CT molecular complexity index is 1160. The predicted octanol–water partition coefficient (Wildman–Crippen LogP) is 2.94. The first kappa shape index (κ1) is 21.5. The number of ether oxygens (including phenoxy) is 1. The van der Waals surface area contributed by atoms with Crippen molar-refractivity contribution in [1.29, 1.82) is 0 Å². The minimum atomic E-state index is -1.63. The number of hydrogen-bond acceptors (Lipinski definition) is 10. The number of rotatable bonds is 4.